The van der Waals surface area contributed by atoms with E-state index >= 15 is 4.39 Å². The first-order chi connectivity index (χ1) is 11.4. The lowest BCUT2D eigenvalue weighted by Crippen LogP contribution is -2.25. The summed E-state index contributed by atoms with van der Waals surface area (Å²) in [4.78, 5) is 16.3. The van der Waals surface area contributed by atoms with Crippen LogP contribution in [-0.4, -0.2) is 14.1 Å². The Morgan fingerprint density at radius 1 is 1.21 bits per heavy atom. The van der Waals surface area contributed by atoms with Crippen LogP contribution in [0.3, 0.4) is 0 Å². The largest absolute Gasteiger partial charge is 0.328 e. The molecule has 0 atom stereocenters. The predicted molar refractivity (Wildman–Crippen MR) is 87.7 cm³/mol. The van der Waals surface area contributed by atoms with Gasteiger partial charge in [0.05, 0.1) is 11.2 Å². The Morgan fingerprint density at radius 3 is 2.62 bits per heavy atom. The maximum absolute atomic E-state index is 15.1. The first kappa shape index (κ1) is 15.1. The van der Waals surface area contributed by atoms with Gasteiger partial charge in [-0.2, -0.15) is 4.39 Å². The minimum Gasteiger partial charge on any atom is -0.292 e. The first-order valence-electron chi connectivity index (χ1n) is 7.90. The molecule has 0 radical (unpaired) electrons. The molecule has 124 valence electrons. The number of halogens is 2. The Balaban J connectivity index is 1.94. The van der Waals surface area contributed by atoms with Gasteiger partial charge in [0.25, 0.3) is 0 Å². The topological polar surface area (TPSA) is 39.8 Å². The number of hydrogen-bond acceptors (Lipinski definition) is 2. The second kappa shape index (κ2) is 5.00. The van der Waals surface area contributed by atoms with E-state index in [9.17, 15) is 9.18 Å². The highest BCUT2D eigenvalue weighted by Gasteiger charge is 2.38. The summed E-state index contributed by atoms with van der Waals surface area (Å²) in [5.74, 6) is -1.22. The number of rotatable bonds is 3. The smallest absolute Gasteiger partial charge is 0.292 e. The van der Waals surface area contributed by atoms with Gasteiger partial charge in [-0.15, -0.1) is 0 Å². The second-order valence-corrected chi connectivity index (χ2v) is 6.88. The van der Waals surface area contributed by atoms with E-state index in [2.05, 4.69) is 11.9 Å². The molecule has 1 saturated carbocycles. The summed E-state index contributed by atoms with van der Waals surface area (Å²) >= 11 is 0. The summed E-state index contributed by atoms with van der Waals surface area (Å²) in [5.41, 5.74) is 1.08. The summed E-state index contributed by atoms with van der Waals surface area (Å²) < 4.78 is 31.4. The van der Waals surface area contributed by atoms with Crippen molar-refractivity contribution in [2.24, 2.45) is 12.5 Å². The number of aromatic nitrogens is 3. The lowest BCUT2D eigenvalue weighted by Gasteiger charge is -2.10. The van der Waals surface area contributed by atoms with E-state index in [1.165, 1.54) is 16.7 Å². The van der Waals surface area contributed by atoms with Crippen molar-refractivity contribution in [1.29, 1.82) is 0 Å². The van der Waals surface area contributed by atoms with Gasteiger partial charge >= 0.3 is 5.69 Å². The molecule has 4 rings (SSSR count). The van der Waals surface area contributed by atoms with Crippen LogP contribution in [0.4, 0.5) is 8.78 Å². The van der Waals surface area contributed by atoms with Crippen molar-refractivity contribution >= 4 is 11.0 Å². The van der Waals surface area contributed by atoms with Crippen molar-refractivity contribution in [2.75, 3.05) is 0 Å². The number of pyridine rings is 1. The van der Waals surface area contributed by atoms with Gasteiger partial charge in [-0.25, -0.2) is 14.2 Å². The average molecular weight is 329 g/mol. The fourth-order valence-electron chi connectivity index (χ4n) is 3.13. The molecule has 2 aromatic heterocycles. The monoisotopic (exact) mass is 329 g/mol. The fourth-order valence-corrected chi connectivity index (χ4v) is 3.13. The number of nitrogens with zero attached hydrogens (tertiary/aromatic N) is 3. The third kappa shape index (κ3) is 2.25. The number of benzene rings is 1. The summed E-state index contributed by atoms with van der Waals surface area (Å²) in [7, 11) is 1.56. The molecule has 1 aromatic carbocycles. The van der Waals surface area contributed by atoms with E-state index in [1.54, 1.807) is 29.8 Å². The van der Waals surface area contributed by atoms with Gasteiger partial charge in [-0.3, -0.25) is 9.13 Å². The van der Waals surface area contributed by atoms with E-state index in [0.29, 0.717) is 12.1 Å². The molecule has 0 N–H and O–H groups in total. The van der Waals surface area contributed by atoms with Crippen molar-refractivity contribution in [3.63, 3.8) is 0 Å². The Bertz CT molecular complexity index is 1020. The Morgan fingerprint density at radius 2 is 1.96 bits per heavy atom. The molecule has 0 saturated heterocycles. The second-order valence-electron chi connectivity index (χ2n) is 6.88. The van der Waals surface area contributed by atoms with Gasteiger partial charge < -0.3 is 0 Å². The lowest BCUT2D eigenvalue weighted by molar-refractivity contribution is 0.460. The standard InChI is InChI=1S/C18H17F2N3O/c1-18(8-9-18)10-23-13-7-6-11(12-4-3-5-14(19)21-12)15(20)16(13)22(2)17(23)24/h3-7H,8-10H2,1-2H3. The molecule has 24 heavy (non-hydrogen) atoms. The Hall–Kier alpha value is -2.50. The van der Waals surface area contributed by atoms with Crippen molar-refractivity contribution in [3.8, 4) is 11.3 Å². The highest BCUT2D eigenvalue weighted by atomic mass is 19.1. The number of aryl methyl sites for hydroxylation is 1. The average Bonchev–Trinajstić information content (AvgIpc) is 3.23. The molecule has 0 spiro atoms. The zero-order valence-electron chi connectivity index (χ0n) is 13.5. The van der Waals surface area contributed by atoms with Crippen LogP contribution in [0.25, 0.3) is 22.3 Å². The highest BCUT2D eigenvalue weighted by molar-refractivity contribution is 5.83. The van der Waals surface area contributed by atoms with Crippen LogP contribution < -0.4 is 5.69 Å². The molecular formula is C18H17F2N3O. The van der Waals surface area contributed by atoms with Gasteiger partial charge in [0.2, 0.25) is 5.95 Å². The van der Waals surface area contributed by atoms with Crippen molar-refractivity contribution in [1.82, 2.24) is 14.1 Å². The molecule has 1 aliphatic carbocycles. The predicted octanol–water partition coefficient (Wildman–Crippen LogP) is 3.48. The third-order valence-electron chi connectivity index (χ3n) is 4.87. The van der Waals surface area contributed by atoms with Crippen LogP contribution in [0.1, 0.15) is 19.8 Å². The van der Waals surface area contributed by atoms with E-state index in [1.807, 2.05) is 0 Å². The molecule has 0 aliphatic heterocycles. The van der Waals surface area contributed by atoms with Crippen LogP contribution >= 0.6 is 0 Å². The Labute approximate surface area is 137 Å². The van der Waals surface area contributed by atoms with Crippen LogP contribution in [-0.2, 0) is 13.6 Å². The van der Waals surface area contributed by atoms with Gasteiger partial charge in [0.15, 0.2) is 5.82 Å². The normalized spacial score (nSPS) is 15.8. The van der Waals surface area contributed by atoms with Crippen molar-refractivity contribution < 1.29 is 8.78 Å². The SMILES string of the molecule is Cn1c(=O)n(CC2(C)CC2)c2ccc(-c3cccc(F)n3)c(F)c21. The molecule has 0 amide bonds. The third-order valence-corrected chi connectivity index (χ3v) is 4.87. The van der Waals surface area contributed by atoms with Gasteiger partial charge in [0.1, 0.15) is 5.52 Å². The van der Waals surface area contributed by atoms with Crippen LogP contribution in [0, 0.1) is 17.2 Å². The molecule has 4 nitrogen and oxygen atoms in total. The van der Waals surface area contributed by atoms with Gasteiger partial charge in [-0.05, 0) is 42.5 Å². The molecule has 3 aromatic rings. The van der Waals surface area contributed by atoms with E-state index in [4.69, 9.17) is 0 Å². The minimum atomic E-state index is -0.667. The quantitative estimate of drug-likeness (QED) is 0.690. The number of imidazole rings is 1. The van der Waals surface area contributed by atoms with Crippen LogP contribution in [0.15, 0.2) is 35.1 Å². The van der Waals surface area contributed by atoms with E-state index in [0.717, 1.165) is 12.8 Å². The molecule has 0 bridgehead atoms. The molecule has 2 heterocycles. The zero-order valence-corrected chi connectivity index (χ0v) is 13.5. The maximum atomic E-state index is 15.1. The minimum absolute atomic E-state index is 0.122. The fraction of sp³-hybridized carbons (Fsp3) is 0.333. The summed E-state index contributed by atoms with van der Waals surface area (Å²) in [6.07, 6.45) is 2.15. The molecule has 0 unspecified atom stereocenters. The Kier molecular flexibility index (Phi) is 3.13. The van der Waals surface area contributed by atoms with Crippen molar-refractivity contribution in [3.05, 3.63) is 52.6 Å². The number of hydrogen-bond donors (Lipinski definition) is 0. The first-order valence-corrected chi connectivity index (χ1v) is 7.90. The molecule has 1 aliphatic rings. The molecular weight excluding hydrogens is 312 g/mol. The summed E-state index contributed by atoms with van der Waals surface area (Å²) in [6, 6.07) is 7.52. The number of fused-ring (bicyclic) bond motifs is 1. The van der Waals surface area contributed by atoms with Crippen LogP contribution in [0.5, 0.6) is 0 Å². The highest BCUT2D eigenvalue weighted by Crippen LogP contribution is 2.46. The zero-order chi connectivity index (χ0) is 17.1. The molecule has 6 heteroatoms. The van der Waals surface area contributed by atoms with Gasteiger partial charge in [-0.1, -0.05) is 13.0 Å². The van der Waals surface area contributed by atoms with E-state index < -0.39 is 11.8 Å². The van der Waals surface area contributed by atoms with E-state index in [-0.39, 0.29) is 27.9 Å². The lowest BCUT2D eigenvalue weighted by atomic mass is 10.1. The van der Waals surface area contributed by atoms with Crippen LogP contribution in [0.2, 0.25) is 0 Å². The maximum Gasteiger partial charge on any atom is 0.328 e. The summed E-state index contributed by atoms with van der Waals surface area (Å²) in [5, 5.41) is 0. The van der Waals surface area contributed by atoms with Gasteiger partial charge in [0, 0.05) is 19.2 Å². The van der Waals surface area contributed by atoms with Crippen molar-refractivity contribution in [2.45, 2.75) is 26.3 Å². The summed E-state index contributed by atoms with van der Waals surface area (Å²) in [6.45, 7) is 2.71. The molecule has 1 fully saturated rings.